The molecule has 0 saturated heterocycles. The summed E-state index contributed by atoms with van der Waals surface area (Å²) in [5.41, 5.74) is 10.6. The molecule has 0 fully saturated rings. The molecule has 0 N–H and O–H groups in total. The standard InChI is InChI=1S/C23H16N2/c1-3-7-19-17(5-1)18-6-2-4-8-20(18)23(19)13-15-11-21-22(12-16(15)14-23)25-10-9-24-21/h1-12H,13-14H2. The van der Waals surface area contributed by atoms with E-state index in [1.165, 1.54) is 33.4 Å². The Morgan fingerprint density at radius 3 is 1.64 bits per heavy atom. The molecule has 0 atom stereocenters. The normalized spacial score (nSPS) is 16.0. The van der Waals surface area contributed by atoms with Crippen LogP contribution >= 0.6 is 0 Å². The quantitative estimate of drug-likeness (QED) is 0.469. The molecule has 4 aromatic rings. The van der Waals surface area contributed by atoms with Gasteiger partial charge in [-0.25, -0.2) is 0 Å². The molecule has 2 aliphatic carbocycles. The van der Waals surface area contributed by atoms with E-state index in [2.05, 4.69) is 70.6 Å². The first kappa shape index (κ1) is 13.3. The van der Waals surface area contributed by atoms with E-state index in [1.54, 1.807) is 12.4 Å². The molecule has 6 rings (SSSR count). The topological polar surface area (TPSA) is 25.8 Å². The van der Waals surface area contributed by atoms with Crippen molar-refractivity contribution < 1.29 is 0 Å². The fourth-order valence-electron chi connectivity index (χ4n) is 4.94. The highest BCUT2D eigenvalue weighted by atomic mass is 14.8. The smallest absolute Gasteiger partial charge is 0.0889 e. The highest BCUT2D eigenvalue weighted by Crippen LogP contribution is 2.55. The molecule has 118 valence electrons. The lowest BCUT2D eigenvalue weighted by molar-refractivity contribution is 0.563. The summed E-state index contributed by atoms with van der Waals surface area (Å²) >= 11 is 0. The predicted molar refractivity (Wildman–Crippen MR) is 99.6 cm³/mol. The van der Waals surface area contributed by atoms with E-state index in [9.17, 15) is 0 Å². The summed E-state index contributed by atoms with van der Waals surface area (Å²) in [6.07, 6.45) is 5.64. The first-order chi connectivity index (χ1) is 12.4. The average Bonchev–Trinajstić information content (AvgIpc) is 3.17. The molecule has 0 amide bonds. The molecule has 2 aliphatic rings. The highest BCUT2D eigenvalue weighted by Gasteiger charge is 2.46. The van der Waals surface area contributed by atoms with Gasteiger partial charge in [0.2, 0.25) is 0 Å². The van der Waals surface area contributed by atoms with Crippen LogP contribution in [0, 0.1) is 0 Å². The van der Waals surface area contributed by atoms with Gasteiger partial charge in [0.15, 0.2) is 0 Å². The third-order valence-electron chi connectivity index (χ3n) is 5.95. The zero-order valence-electron chi connectivity index (χ0n) is 13.7. The first-order valence-corrected chi connectivity index (χ1v) is 8.77. The summed E-state index contributed by atoms with van der Waals surface area (Å²) in [6, 6.07) is 22.3. The molecule has 0 bridgehead atoms. The molecule has 3 aromatic carbocycles. The number of hydrogen-bond acceptors (Lipinski definition) is 2. The van der Waals surface area contributed by atoms with E-state index >= 15 is 0 Å². The van der Waals surface area contributed by atoms with E-state index in [0.29, 0.717) is 0 Å². The summed E-state index contributed by atoms with van der Waals surface area (Å²) in [4.78, 5) is 9.00. The van der Waals surface area contributed by atoms with Crippen LogP contribution in [0.25, 0.3) is 22.2 Å². The number of fused-ring (bicyclic) bond motifs is 7. The van der Waals surface area contributed by atoms with Crippen LogP contribution < -0.4 is 0 Å². The van der Waals surface area contributed by atoms with Gasteiger partial charge in [-0.3, -0.25) is 9.97 Å². The van der Waals surface area contributed by atoms with E-state index < -0.39 is 0 Å². The third-order valence-corrected chi connectivity index (χ3v) is 5.95. The molecule has 0 unspecified atom stereocenters. The fraction of sp³-hybridized carbons (Fsp3) is 0.130. The lowest BCUT2D eigenvalue weighted by atomic mass is 9.76. The Morgan fingerprint density at radius 1 is 0.640 bits per heavy atom. The number of aromatic nitrogens is 2. The second-order valence-electron chi connectivity index (χ2n) is 7.19. The number of benzene rings is 3. The van der Waals surface area contributed by atoms with Crippen LogP contribution in [0.15, 0.2) is 73.1 Å². The number of hydrogen-bond donors (Lipinski definition) is 0. The lowest BCUT2D eigenvalue weighted by Gasteiger charge is -2.26. The van der Waals surface area contributed by atoms with Gasteiger partial charge in [0.05, 0.1) is 11.0 Å². The number of nitrogens with zero attached hydrogens (tertiary/aromatic N) is 2. The van der Waals surface area contributed by atoms with Crippen LogP contribution in [0.3, 0.4) is 0 Å². The van der Waals surface area contributed by atoms with Crippen molar-refractivity contribution in [3.8, 4) is 11.1 Å². The molecule has 2 nitrogen and oxygen atoms in total. The Bertz CT molecular complexity index is 1070. The van der Waals surface area contributed by atoms with Crippen molar-refractivity contribution in [1.29, 1.82) is 0 Å². The molecule has 0 saturated carbocycles. The van der Waals surface area contributed by atoms with Crippen molar-refractivity contribution in [1.82, 2.24) is 9.97 Å². The molecule has 0 aliphatic heterocycles. The number of rotatable bonds is 0. The summed E-state index contributed by atoms with van der Waals surface area (Å²) in [7, 11) is 0. The zero-order valence-corrected chi connectivity index (χ0v) is 13.7. The maximum Gasteiger partial charge on any atom is 0.0889 e. The largest absolute Gasteiger partial charge is 0.253 e. The van der Waals surface area contributed by atoms with Crippen LogP contribution in [0.2, 0.25) is 0 Å². The van der Waals surface area contributed by atoms with Crippen molar-refractivity contribution in [3.63, 3.8) is 0 Å². The maximum absolute atomic E-state index is 4.50. The minimum atomic E-state index is 0.0624. The summed E-state index contributed by atoms with van der Waals surface area (Å²) in [5.74, 6) is 0. The molecular weight excluding hydrogens is 304 g/mol. The molecule has 1 spiro atoms. The maximum atomic E-state index is 4.50. The predicted octanol–water partition coefficient (Wildman–Crippen LogP) is 4.70. The Kier molecular flexibility index (Phi) is 2.42. The van der Waals surface area contributed by atoms with E-state index in [4.69, 9.17) is 0 Å². The van der Waals surface area contributed by atoms with Gasteiger partial charge in [-0.15, -0.1) is 0 Å². The van der Waals surface area contributed by atoms with Crippen molar-refractivity contribution in [2.24, 2.45) is 0 Å². The summed E-state index contributed by atoms with van der Waals surface area (Å²) in [5, 5.41) is 0. The van der Waals surface area contributed by atoms with Crippen LogP contribution in [-0.2, 0) is 18.3 Å². The Hall–Kier alpha value is -3.00. The molecule has 1 aromatic heterocycles. The summed E-state index contributed by atoms with van der Waals surface area (Å²) in [6.45, 7) is 0. The lowest BCUT2D eigenvalue weighted by Crippen LogP contribution is -2.25. The van der Waals surface area contributed by atoms with Crippen LogP contribution in [0.4, 0.5) is 0 Å². The van der Waals surface area contributed by atoms with Crippen molar-refractivity contribution in [2.75, 3.05) is 0 Å². The minimum absolute atomic E-state index is 0.0624. The van der Waals surface area contributed by atoms with Gasteiger partial charge in [-0.1, -0.05) is 48.5 Å². The Balaban J connectivity index is 1.62. The second-order valence-corrected chi connectivity index (χ2v) is 7.19. The molecule has 2 heteroatoms. The first-order valence-electron chi connectivity index (χ1n) is 8.77. The SMILES string of the molecule is c1ccc2c(c1)-c1ccccc1C21Cc2cc3nccnc3cc2C1. The van der Waals surface area contributed by atoms with Gasteiger partial charge in [0.25, 0.3) is 0 Å². The zero-order chi connectivity index (χ0) is 16.4. The average molecular weight is 320 g/mol. The van der Waals surface area contributed by atoms with Gasteiger partial charge in [0, 0.05) is 17.8 Å². The van der Waals surface area contributed by atoms with Gasteiger partial charge < -0.3 is 0 Å². The van der Waals surface area contributed by atoms with Gasteiger partial charge >= 0.3 is 0 Å². The van der Waals surface area contributed by atoms with E-state index in [1.807, 2.05) is 0 Å². The van der Waals surface area contributed by atoms with E-state index in [0.717, 1.165) is 23.9 Å². The van der Waals surface area contributed by atoms with Crippen molar-refractivity contribution in [3.05, 3.63) is 95.3 Å². The fourth-order valence-corrected chi connectivity index (χ4v) is 4.94. The van der Waals surface area contributed by atoms with Crippen molar-refractivity contribution >= 4 is 11.0 Å². The van der Waals surface area contributed by atoms with Crippen LogP contribution in [-0.4, -0.2) is 9.97 Å². The second kappa shape index (κ2) is 4.54. The summed E-state index contributed by atoms with van der Waals surface area (Å²) < 4.78 is 0. The van der Waals surface area contributed by atoms with E-state index in [-0.39, 0.29) is 5.41 Å². The highest BCUT2D eigenvalue weighted by molar-refractivity contribution is 5.83. The molecular formula is C23H16N2. The third kappa shape index (κ3) is 1.64. The van der Waals surface area contributed by atoms with Crippen molar-refractivity contribution in [2.45, 2.75) is 18.3 Å². The van der Waals surface area contributed by atoms with Gasteiger partial charge in [0.1, 0.15) is 0 Å². The van der Waals surface area contributed by atoms with Gasteiger partial charge in [-0.2, -0.15) is 0 Å². The molecule has 0 radical (unpaired) electrons. The minimum Gasteiger partial charge on any atom is -0.253 e. The van der Waals surface area contributed by atoms with Crippen LogP contribution in [0.1, 0.15) is 22.3 Å². The van der Waals surface area contributed by atoms with Gasteiger partial charge in [-0.05, 0) is 58.4 Å². The van der Waals surface area contributed by atoms with Crippen LogP contribution in [0.5, 0.6) is 0 Å². The Labute approximate surface area is 146 Å². The Morgan fingerprint density at radius 2 is 1.12 bits per heavy atom. The monoisotopic (exact) mass is 320 g/mol. The molecule has 1 heterocycles. The molecule has 25 heavy (non-hydrogen) atoms.